The van der Waals surface area contributed by atoms with E-state index >= 15 is 0 Å². The summed E-state index contributed by atoms with van der Waals surface area (Å²) < 4.78 is 58.7. The van der Waals surface area contributed by atoms with Crippen molar-refractivity contribution < 1.29 is 21.6 Å². The van der Waals surface area contributed by atoms with Gasteiger partial charge in [0.1, 0.15) is 5.00 Å². The van der Waals surface area contributed by atoms with Crippen molar-refractivity contribution in [2.75, 3.05) is 18.5 Å². The fraction of sp³-hybridized carbons (Fsp3) is 0.571. The van der Waals surface area contributed by atoms with E-state index in [0.717, 1.165) is 49.0 Å². The number of aryl methyl sites for hydroxylation is 1. The van der Waals surface area contributed by atoms with Crippen molar-refractivity contribution in [2.24, 2.45) is 0 Å². The Labute approximate surface area is 188 Å². The van der Waals surface area contributed by atoms with Crippen molar-refractivity contribution in [3.05, 3.63) is 29.8 Å². The van der Waals surface area contributed by atoms with Gasteiger partial charge in [0.05, 0.1) is 16.2 Å². The third kappa shape index (κ3) is 4.81. The summed E-state index contributed by atoms with van der Waals surface area (Å²) in [5, 5.41) is 2.69. The van der Waals surface area contributed by atoms with E-state index in [1.54, 1.807) is 12.1 Å². The summed E-state index contributed by atoms with van der Waals surface area (Å²) in [6.45, 7) is 2.98. The number of benzene rings is 1. The number of anilines is 1. The molecule has 2 heterocycles. The molecule has 1 saturated carbocycles. The topological polar surface area (TPSA) is 102 Å². The van der Waals surface area contributed by atoms with E-state index in [2.05, 4.69) is 10.3 Å². The molecule has 7 nitrogen and oxygen atoms in total. The summed E-state index contributed by atoms with van der Waals surface area (Å²) in [5.74, 6) is 0. The van der Waals surface area contributed by atoms with Crippen LogP contribution in [0, 0.1) is 6.92 Å². The lowest BCUT2D eigenvalue weighted by Gasteiger charge is -2.20. The van der Waals surface area contributed by atoms with Gasteiger partial charge in [-0.2, -0.15) is 0 Å². The summed E-state index contributed by atoms with van der Waals surface area (Å²) in [4.78, 5) is 4.31. The SMILES string of the molecule is Cc1ccc(S(=O)(=O)c2nc(S(=O)(=O)C3CCCCC3)sc2NC[C@@H]2CCCO2)cc1. The van der Waals surface area contributed by atoms with E-state index in [-0.39, 0.29) is 25.4 Å². The first kappa shape index (κ1) is 22.7. The van der Waals surface area contributed by atoms with Crippen molar-refractivity contribution in [2.45, 2.75) is 77.5 Å². The van der Waals surface area contributed by atoms with Gasteiger partial charge in [0.2, 0.25) is 24.0 Å². The van der Waals surface area contributed by atoms with Crippen molar-refractivity contribution in [3.63, 3.8) is 0 Å². The lowest BCUT2D eigenvalue weighted by Crippen LogP contribution is -2.24. The van der Waals surface area contributed by atoms with Gasteiger partial charge in [-0.15, -0.1) is 0 Å². The number of rotatable bonds is 7. The first-order valence-corrected chi connectivity index (χ1v) is 14.5. The standard InChI is InChI=1S/C21H28N2O5S3/c1-15-9-11-18(12-10-15)30(24,25)20-19(22-14-16-6-5-13-28-16)29-21(23-20)31(26,27)17-7-3-2-4-8-17/h9-12,16-17,22H,2-8,13-14H2,1H3/t16-/m0/s1. The molecule has 170 valence electrons. The number of sulfone groups is 2. The van der Waals surface area contributed by atoms with Gasteiger partial charge >= 0.3 is 0 Å². The van der Waals surface area contributed by atoms with E-state index in [1.165, 1.54) is 12.1 Å². The first-order chi connectivity index (χ1) is 14.8. The van der Waals surface area contributed by atoms with Crippen LogP contribution >= 0.6 is 11.3 Å². The van der Waals surface area contributed by atoms with Gasteiger partial charge in [-0.3, -0.25) is 0 Å². The van der Waals surface area contributed by atoms with Crippen LogP contribution in [0.5, 0.6) is 0 Å². The maximum atomic E-state index is 13.4. The Morgan fingerprint density at radius 1 is 1.03 bits per heavy atom. The fourth-order valence-corrected chi connectivity index (χ4v) is 9.06. The molecule has 2 aliphatic rings. The summed E-state index contributed by atoms with van der Waals surface area (Å²) in [6.07, 6.45) is 5.80. The highest BCUT2D eigenvalue weighted by Gasteiger charge is 2.35. The molecule has 1 atom stereocenters. The molecular formula is C21H28N2O5S3. The molecule has 0 amide bonds. The van der Waals surface area contributed by atoms with Crippen LogP contribution in [-0.4, -0.2) is 46.3 Å². The fourth-order valence-electron chi connectivity index (χ4n) is 4.06. The third-order valence-electron chi connectivity index (χ3n) is 5.91. The Hall–Kier alpha value is -1.49. The van der Waals surface area contributed by atoms with Crippen LogP contribution in [0.4, 0.5) is 5.00 Å². The van der Waals surface area contributed by atoms with Crippen LogP contribution in [0.2, 0.25) is 0 Å². The normalized spacial score (nSPS) is 20.7. The number of hydrogen-bond acceptors (Lipinski definition) is 8. The Bertz CT molecular complexity index is 1110. The molecule has 1 aromatic heterocycles. The Morgan fingerprint density at radius 2 is 1.74 bits per heavy atom. The molecule has 10 heteroatoms. The highest BCUT2D eigenvalue weighted by atomic mass is 32.2. The van der Waals surface area contributed by atoms with Gasteiger partial charge in [0.15, 0.2) is 5.03 Å². The van der Waals surface area contributed by atoms with Gasteiger partial charge in [-0.1, -0.05) is 48.3 Å². The molecule has 1 aromatic carbocycles. The maximum absolute atomic E-state index is 13.4. The number of ether oxygens (including phenoxy) is 1. The summed E-state index contributed by atoms with van der Waals surface area (Å²) >= 11 is 0.923. The highest BCUT2D eigenvalue weighted by Crippen LogP contribution is 2.38. The maximum Gasteiger partial charge on any atom is 0.226 e. The smallest absolute Gasteiger partial charge is 0.226 e. The van der Waals surface area contributed by atoms with Crippen LogP contribution in [0.15, 0.2) is 38.5 Å². The van der Waals surface area contributed by atoms with E-state index < -0.39 is 24.9 Å². The second-order valence-corrected chi connectivity index (χ2v) is 13.5. The molecule has 2 fully saturated rings. The molecule has 1 N–H and O–H groups in total. The zero-order valence-electron chi connectivity index (χ0n) is 17.5. The molecule has 0 bridgehead atoms. The quantitative estimate of drug-likeness (QED) is 0.634. The van der Waals surface area contributed by atoms with Crippen molar-refractivity contribution in [1.82, 2.24) is 4.98 Å². The van der Waals surface area contributed by atoms with E-state index in [4.69, 9.17) is 4.74 Å². The number of nitrogens with zero attached hydrogens (tertiary/aromatic N) is 1. The second kappa shape index (κ2) is 9.17. The lowest BCUT2D eigenvalue weighted by molar-refractivity contribution is 0.120. The minimum absolute atomic E-state index is 0.0181. The molecule has 4 rings (SSSR count). The lowest BCUT2D eigenvalue weighted by atomic mass is 10.0. The Morgan fingerprint density at radius 3 is 2.39 bits per heavy atom. The highest BCUT2D eigenvalue weighted by molar-refractivity contribution is 7.94. The average Bonchev–Trinajstić information content (AvgIpc) is 3.44. The molecule has 1 aliphatic heterocycles. The van der Waals surface area contributed by atoms with Gasteiger partial charge < -0.3 is 10.1 Å². The first-order valence-electron chi connectivity index (χ1n) is 10.7. The monoisotopic (exact) mass is 484 g/mol. The molecule has 1 saturated heterocycles. The Balaban J connectivity index is 1.71. The van der Waals surface area contributed by atoms with E-state index in [0.29, 0.717) is 26.0 Å². The van der Waals surface area contributed by atoms with Crippen molar-refractivity contribution >= 4 is 36.0 Å². The predicted octanol–water partition coefficient (Wildman–Crippen LogP) is 3.98. The number of nitrogens with one attached hydrogen (secondary N) is 1. The van der Waals surface area contributed by atoms with Crippen LogP contribution in [0.25, 0.3) is 0 Å². The number of aromatic nitrogens is 1. The zero-order chi connectivity index (χ0) is 22.1. The molecular weight excluding hydrogens is 456 g/mol. The van der Waals surface area contributed by atoms with Gasteiger partial charge in [-0.05, 0) is 44.7 Å². The molecule has 0 spiro atoms. The minimum atomic E-state index is -3.97. The van der Waals surface area contributed by atoms with E-state index in [9.17, 15) is 16.8 Å². The van der Waals surface area contributed by atoms with Crippen LogP contribution in [0.1, 0.15) is 50.5 Å². The Kier molecular flexibility index (Phi) is 6.71. The molecule has 1 aliphatic carbocycles. The molecule has 0 unspecified atom stereocenters. The van der Waals surface area contributed by atoms with Crippen LogP contribution < -0.4 is 5.32 Å². The minimum Gasteiger partial charge on any atom is -0.376 e. The summed E-state index contributed by atoms with van der Waals surface area (Å²) in [6, 6.07) is 6.50. The zero-order valence-corrected chi connectivity index (χ0v) is 20.0. The molecule has 2 aromatic rings. The molecule has 31 heavy (non-hydrogen) atoms. The van der Waals surface area contributed by atoms with Crippen molar-refractivity contribution in [1.29, 1.82) is 0 Å². The van der Waals surface area contributed by atoms with Crippen LogP contribution in [0.3, 0.4) is 0 Å². The summed E-state index contributed by atoms with van der Waals surface area (Å²) in [7, 11) is -7.65. The third-order valence-corrected chi connectivity index (χ3v) is 11.4. The second-order valence-electron chi connectivity index (χ2n) is 8.25. The largest absolute Gasteiger partial charge is 0.376 e. The number of thiazole rings is 1. The van der Waals surface area contributed by atoms with Gasteiger partial charge in [0.25, 0.3) is 0 Å². The number of hydrogen-bond donors (Lipinski definition) is 1. The van der Waals surface area contributed by atoms with Gasteiger partial charge in [-0.25, -0.2) is 21.8 Å². The average molecular weight is 485 g/mol. The predicted molar refractivity (Wildman–Crippen MR) is 120 cm³/mol. The molecule has 0 radical (unpaired) electrons. The van der Waals surface area contributed by atoms with Gasteiger partial charge in [0, 0.05) is 13.2 Å². The summed E-state index contributed by atoms with van der Waals surface area (Å²) in [5.41, 5.74) is 0.939. The van der Waals surface area contributed by atoms with Crippen LogP contribution in [-0.2, 0) is 24.4 Å². The van der Waals surface area contributed by atoms with Crippen molar-refractivity contribution in [3.8, 4) is 0 Å². The van der Waals surface area contributed by atoms with E-state index in [1.807, 2.05) is 6.92 Å².